The summed E-state index contributed by atoms with van der Waals surface area (Å²) in [5.41, 5.74) is 3.39. The first-order chi connectivity index (χ1) is 15.5. The van der Waals surface area contributed by atoms with Crippen LogP contribution >= 0.6 is 0 Å². The number of hydrogen-bond acceptors (Lipinski definition) is 4. The third-order valence-electron chi connectivity index (χ3n) is 6.92. The molecule has 0 radical (unpaired) electrons. The van der Waals surface area contributed by atoms with E-state index in [1.54, 1.807) is 14.2 Å². The third-order valence-corrected chi connectivity index (χ3v) is 6.92. The van der Waals surface area contributed by atoms with Gasteiger partial charge in [-0.25, -0.2) is 0 Å². The van der Waals surface area contributed by atoms with Crippen molar-refractivity contribution in [2.24, 2.45) is 5.92 Å². The summed E-state index contributed by atoms with van der Waals surface area (Å²) in [5.74, 6) is 1.96. The molecule has 0 spiro atoms. The van der Waals surface area contributed by atoms with Gasteiger partial charge in [0.25, 0.3) is 0 Å². The second-order valence-electron chi connectivity index (χ2n) is 9.06. The number of ether oxygens (including phenoxy) is 2. The van der Waals surface area contributed by atoms with Crippen LogP contribution in [-0.2, 0) is 10.2 Å². The van der Waals surface area contributed by atoms with E-state index in [-0.39, 0.29) is 5.92 Å². The van der Waals surface area contributed by atoms with Crippen molar-refractivity contribution in [3.05, 3.63) is 65.2 Å². The highest BCUT2D eigenvalue weighted by Crippen LogP contribution is 2.36. The summed E-state index contributed by atoms with van der Waals surface area (Å²) in [4.78, 5) is 14.8. The smallest absolute Gasteiger partial charge is 0.130 e. The molecule has 2 aromatic carbocycles. The van der Waals surface area contributed by atoms with Gasteiger partial charge in [-0.3, -0.25) is 0 Å². The van der Waals surface area contributed by atoms with Crippen LogP contribution < -0.4 is 9.47 Å². The monoisotopic (exact) mass is 435 g/mol. The number of methoxy groups -OCH3 is 2. The van der Waals surface area contributed by atoms with Crippen molar-refractivity contribution in [1.82, 2.24) is 4.90 Å². The Bertz CT molecular complexity index is 876. The number of piperidine rings is 1. The Kier molecular flexibility index (Phi) is 8.52. The highest BCUT2D eigenvalue weighted by molar-refractivity contribution is 5.69. The molecular formula is C28H37NO3. The van der Waals surface area contributed by atoms with E-state index in [2.05, 4.69) is 37.0 Å². The van der Waals surface area contributed by atoms with Crippen LogP contribution in [0.4, 0.5) is 0 Å². The van der Waals surface area contributed by atoms with Crippen molar-refractivity contribution in [1.29, 1.82) is 0 Å². The first-order valence-electron chi connectivity index (χ1n) is 11.7. The van der Waals surface area contributed by atoms with Crippen molar-refractivity contribution in [3.8, 4) is 11.5 Å². The molecule has 4 nitrogen and oxygen atoms in total. The van der Waals surface area contributed by atoms with Crippen molar-refractivity contribution < 1.29 is 14.3 Å². The van der Waals surface area contributed by atoms with Crippen LogP contribution in [0.3, 0.4) is 0 Å². The number of rotatable bonds is 10. The average Bonchev–Trinajstić information content (AvgIpc) is 2.83. The lowest BCUT2D eigenvalue weighted by atomic mass is 9.70. The Hall–Kier alpha value is -2.59. The van der Waals surface area contributed by atoms with E-state index in [0.717, 1.165) is 62.4 Å². The van der Waals surface area contributed by atoms with Crippen molar-refractivity contribution >= 4 is 12.4 Å². The molecule has 1 atom stereocenters. The van der Waals surface area contributed by atoms with Gasteiger partial charge >= 0.3 is 0 Å². The molecule has 1 aliphatic rings. The molecule has 1 aliphatic heterocycles. The van der Waals surface area contributed by atoms with E-state index in [4.69, 9.17) is 9.47 Å². The zero-order valence-electron chi connectivity index (χ0n) is 20.0. The van der Waals surface area contributed by atoms with Gasteiger partial charge < -0.3 is 19.2 Å². The number of nitrogens with zero attached hydrogens (tertiary/aromatic N) is 1. The maximum Gasteiger partial charge on any atom is 0.130 e. The first kappa shape index (κ1) is 24.1. The number of carbonyl (C=O) groups is 1. The van der Waals surface area contributed by atoms with E-state index in [1.165, 1.54) is 17.4 Å². The predicted molar refractivity (Wildman–Crippen MR) is 131 cm³/mol. The van der Waals surface area contributed by atoms with Crippen LogP contribution in [0.25, 0.3) is 6.08 Å². The molecular weight excluding hydrogens is 398 g/mol. The lowest BCUT2D eigenvalue weighted by Gasteiger charge is -2.35. The standard InChI is InChI=1S/C28H37NO3/c1-22(2)28(21-30,25-8-12-27(32-4)13-9-25)16-5-17-29-18-14-24(15-19-29)20-23-6-10-26(31-3)11-7-23/h6-13,20-22H,5,14-19H2,1-4H3. The molecule has 0 aromatic heterocycles. The lowest BCUT2D eigenvalue weighted by Crippen LogP contribution is -2.37. The first-order valence-corrected chi connectivity index (χ1v) is 11.7. The molecule has 4 heteroatoms. The largest absolute Gasteiger partial charge is 0.497 e. The number of likely N-dealkylation sites (tertiary alicyclic amines) is 1. The molecule has 32 heavy (non-hydrogen) atoms. The van der Waals surface area contributed by atoms with Crippen LogP contribution in [0, 0.1) is 5.92 Å². The van der Waals surface area contributed by atoms with E-state index in [0.29, 0.717) is 0 Å². The van der Waals surface area contributed by atoms with Crippen LogP contribution in [0.2, 0.25) is 0 Å². The molecule has 1 heterocycles. The van der Waals surface area contributed by atoms with Gasteiger partial charge in [0.15, 0.2) is 0 Å². The second kappa shape index (κ2) is 11.3. The second-order valence-corrected chi connectivity index (χ2v) is 9.06. The fourth-order valence-electron chi connectivity index (χ4n) is 4.67. The van der Waals surface area contributed by atoms with Crippen LogP contribution in [0.1, 0.15) is 50.7 Å². The van der Waals surface area contributed by atoms with Crippen LogP contribution in [-0.4, -0.2) is 45.0 Å². The van der Waals surface area contributed by atoms with Crippen LogP contribution in [0.5, 0.6) is 11.5 Å². The average molecular weight is 436 g/mol. The van der Waals surface area contributed by atoms with Gasteiger partial charge in [-0.15, -0.1) is 0 Å². The predicted octanol–water partition coefficient (Wildman–Crippen LogP) is 5.76. The summed E-state index contributed by atoms with van der Waals surface area (Å²) in [6, 6.07) is 16.3. The molecule has 0 saturated carbocycles. The number of carbonyl (C=O) groups excluding carboxylic acids is 1. The molecule has 2 aromatic rings. The Morgan fingerprint density at radius 2 is 1.50 bits per heavy atom. The SMILES string of the molecule is COc1ccc(C=C2CCN(CCCC(C=O)(c3ccc(OC)cc3)C(C)C)CC2)cc1. The topological polar surface area (TPSA) is 38.8 Å². The lowest BCUT2D eigenvalue weighted by molar-refractivity contribution is -0.114. The summed E-state index contributed by atoms with van der Waals surface area (Å²) in [5, 5.41) is 0. The van der Waals surface area contributed by atoms with Gasteiger partial charge in [0, 0.05) is 13.1 Å². The Labute approximate surface area is 193 Å². The van der Waals surface area contributed by atoms with Gasteiger partial charge in [-0.1, -0.05) is 49.8 Å². The van der Waals surface area contributed by atoms with Crippen molar-refractivity contribution in [3.63, 3.8) is 0 Å². The number of benzene rings is 2. The Balaban J connectivity index is 1.54. The normalized spacial score (nSPS) is 16.5. The summed E-state index contributed by atoms with van der Waals surface area (Å²) in [6.45, 7) is 7.50. The molecule has 0 N–H and O–H groups in total. The van der Waals surface area contributed by atoms with Crippen molar-refractivity contribution in [2.75, 3.05) is 33.9 Å². The number of hydrogen-bond donors (Lipinski definition) is 0. The molecule has 3 rings (SSSR count). The Morgan fingerprint density at radius 1 is 0.938 bits per heavy atom. The minimum atomic E-state index is -0.443. The molecule has 172 valence electrons. The minimum Gasteiger partial charge on any atom is -0.497 e. The van der Waals surface area contributed by atoms with Gasteiger partial charge in [-0.05, 0) is 73.5 Å². The van der Waals surface area contributed by atoms with Gasteiger partial charge in [0.1, 0.15) is 17.8 Å². The van der Waals surface area contributed by atoms with Crippen LogP contribution in [0.15, 0.2) is 54.1 Å². The molecule has 0 bridgehead atoms. The molecule has 1 saturated heterocycles. The molecule has 0 amide bonds. The van der Waals surface area contributed by atoms with Crippen molar-refractivity contribution in [2.45, 2.75) is 44.9 Å². The zero-order valence-corrected chi connectivity index (χ0v) is 20.0. The third kappa shape index (κ3) is 5.80. The fraction of sp³-hybridized carbons (Fsp3) is 0.464. The van der Waals surface area contributed by atoms with E-state index >= 15 is 0 Å². The number of aldehydes is 1. The van der Waals surface area contributed by atoms with Gasteiger partial charge in [0.2, 0.25) is 0 Å². The van der Waals surface area contributed by atoms with Gasteiger partial charge in [0.05, 0.1) is 19.6 Å². The van der Waals surface area contributed by atoms with E-state index < -0.39 is 5.41 Å². The Morgan fingerprint density at radius 3 is 2.00 bits per heavy atom. The summed E-state index contributed by atoms with van der Waals surface area (Å²) in [7, 11) is 3.36. The molecule has 0 aliphatic carbocycles. The van der Waals surface area contributed by atoms with E-state index in [9.17, 15) is 4.79 Å². The fourth-order valence-corrected chi connectivity index (χ4v) is 4.67. The molecule has 1 fully saturated rings. The molecule has 1 unspecified atom stereocenters. The quantitative estimate of drug-likeness (QED) is 0.445. The van der Waals surface area contributed by atoms with Gasteiger partial charge in [-0.2, -0.15) is 0 Å². The zero-order chi connectivity index (χ0) is 23.0. The maximum absolute atomic E-state index is 12.3. The summed E-state index contributed by atoms with van der Waals surface area (Å²) < 4.78 is 10.5. The summed E-state index contributed by atoms with van der Waals surface area (Å²) >= 11 is 0. The van der Waals surface area contributed by atoms with E-state index in [1.807, 2.05) is 36.4 Å². The highest BCUT2D eigenvalue weighted by Gasteiger charge is 2.35. The maximum atomic E-state index is 12.3. The highest BCUT2D eigenvalue weighted by atomic mass is 16.5. The summed E-state index contributed by atoms with van der Waals surface area (Å²) in [6.07, 6.45) is 7.58. The minimum absolute atomic E-state index is 0.244.